The van der Waals surface area contributed by atoms with Crippen LogP contribution in [0.25, 0.3) is 0 Å². The summed E-state index contributed by atoms with van der Waals surface area (Å²) in [6.45, 7) is 7.49. The maximum absolute atomic E-state index is 13.0. The van der Waals surface area contributed by atoms with E-state index >= 15 is 0 Å². The number of nitrogens with one attached hydrogen (secondary N) is 2. The van der Waals surface area contributed by atoms with Crippen LogP contribution in [-0.4, -0.2) is 80.6 Å². The molecular formula is C21H36N4O7S. The smallest absolute Gasteiger partial charge is 0.326 e. The lowest BCUT2D eigenvalue weighted by Crippen LogP contribution is -2.58. The van der Waals surface area contributed by atoms with Crippen LogP contribution in [0.3, 0.4) is 0 Å². The number of carboxylic acid groups (broad SMARTS) is 2. The maximum Gasteiger partial charge on any atom is 0.326 e. The molecule has 0 aliphatic carbocycles. The van der Waals surface area contributed by atoms with Crippen molar-refractivity contribution in [3.05, 3.63) is 0 Å². The molecule has 1 aliphatic heterocycles. The van der Waals surface area contributed by atoms with E-state index in [1.165, 1.54) is 16.7 Å². The number of carbonyl (C=O) groups excluding carboxylic acids is 3. The summed E-state index contributed by atoms with van der Waals surface area (Å²) < 4.78 is 0. The van der Waals surface area contributed by atoms with Gasteiger partial charge in [-0.2, -0.15) is 0 Å². The van der Waals surface area contributed by atoms with Gasteiger partial charge in [-0.15, -0.1) is 11.8 Å². The SMILES string of the molecule is CC[C@H](C)[C@H](N)C(=O)N1CSC[C@H]1C(=O)N[C@@H](CC(C)C)C(=O)N[C@@H](CCC(=O)O)C(=O)O. The standard InChI is InChI=1S/C21H36N4O7S/c1-5-12(4)17(22)20(30)25-10-33-9-15(25)19(29)24-14(8-11(2)3)18(28)23-13(21(31)32)6-7-16(26)27/h11-15,17H,5-10,22H2,1-4H3,(H,23,28)(H,24,29)(H,26,27)(H,31,32)/t12-,13-,14-,15-,17-/m0/s1. The number of carbonyl (C=O) groups is 5. The number of hydrogen-bond donors (Lipinski definition) is 5. The summed E-state index contributed by atoms with van der Waals surface area (Å²) in [5.74, 6) is -3.46. The molecule has 1 saturated heterocycles. The highest BCUT2D eigenvalue weighted by molar-refractivity contribution is 7.99. The molecule has 11 nitrogen and oxygen atoms in total. The van der Waals surface area contributed by atoms with Gasteiger partial charge in [0.2, 0.25) is 17.7 Å². The molecule has 0 unspecified atom stereocenters. The highest BCUT2D eigenvalue weighted by Crippen LogP contribution is 2.23. The van der Waals surface area contributed by atoms with Crippen molar-refractivity contribution in [3.8, 4) is 0 Å². The lowest BCUT2D eigenvalue weighted by molar-refractivity contribution is -0.144. The van der Waals surface area contributed by atoms with Gasteiger partial charge in [0.05, 0.1) is 11.9 Å². The zero-order chi connectivity index (χ0) is 25.3. The van der Waals surface area contributed by atoms with E-state index < -0.39 is 54.3 Å². The summed E-state index contributed by atoms with van der Waals surface area (Å²) in [7, 11) is 0. The molecule has 6 N–H and O–H groups in total. The minimum atomic E-state index is -1.39. The summed E-state index contributed by atoms with van der Waals surface area (Å²) >= 11 is 1.41. The highest BCUT2D eigenvalue weighted by Gasteiger charge is 2.39. The monoisotopic (exact) mass is 488 g/mol. The molecule has 1 heterocycles. The number of amides is 3. The predicted octanol–water partition coefficient (Wildman–Crippen LogP) is 0.226. The predicted molar refractivity (Wildman–Crippen MR) is 123 cm³/mol. The number of hydrogen-bond acceptors (Lipinski definition) is 7. The lowest BCUT2D eigenvalue weighted by Gasteiger charge is -2.29. The molecule has 0 bridgehead atoms. The summed E-state index contributed by atoms with van der Waals surface area (Å²) in [6.07, 6.45) is 0.246. The Labute approximate surface area is 198 Å². The van der Waals surface area contributed by atoms with E-state index in [2.05, 4.69) is 10.6 Å². The van der Waals surface area contributed by atoms with Gasteiger partial charge >= 0.3 is 11.9 Å². The second-order valence-electron chi connectivity index (χ2n) is 8.76. The molecular weight excluding hydrogens is 452 g/mol. The molecule has 1 aliphatic rings. The van der Waals surface area contributed by atoms with Gasteiger partial charge in [-0.1, -0.05) is 34.1 Å². The number of carboxylic acids is 2. The Morgan fingerprint density at radius 2 is 1.73 bits per heavy atom. The molecule has 33 heavy (non-hydrogen) atoms. The Morgan fingerprint density at radius 3 is 2.24 bits per heavy atom. The first-order chi connectivity index (χ1) is 15.4. The Hall–Kier alpha value is -2.34. The molecule has 0 aromatic carbocycles. The fourth-order valence-corrected chi connectivity index (χ4v) is 4.50. The number of rotatable bonds is 13. The summed E-state index contributed by atoms with van der Waals surface area (Å²) in [5.41, 5.74) is 6.07. The van der Waals surface area contributed by atoms with Crippen LogP contribution in [0.2, 0.25) is 0 Å². The molecule has 12 heteroatoms. The molecule has 188 valence electrons. The Balaban J connectivity index is 2.92. The Morgan fingerprint density at radius 1 is 1.09 bits per heavy atom. The fraction of sp³-hybridized carbons (Fsp3) is 0.762. The Bertz CT molecular complexity index is 733. The summed E-state index contributed by atoms with van der Waals surface area (Å²) in [6, 6.07) is -3.95. The quantitative estimate of drug-likeness (QED) is 0.242. The molecule has 0 saturated carbocycles. The van der Waals surface area contributed by atoms with Crippen molar-refractivity contribution in [3.63, 3.8) is 0 Å². The van der Waals surface area contributed by atoms with Crippen LogP contribution in [-0.2, 0) is 24.0 Å². The molecule has 0 spiro atoms. The van der Waals surface area contributed by atoms with Gasteiger partial charge in [0.25, 0.3) is 0 Å². The van der Waals surface area contributed by atoms with Crippen LogP contribution in [0.5, 0.6) is 0 Å². The van der Waals surface area contributed by atoms with E-state index in [0.717, 1.165) is 0 Å². The van der Waals surface area contributed by atoms with Crippen LogP contribution in [0.4, 0.5) is 0 Å². The third-order valence-corrected chi connectivity index (χ3v) is 6.62. The second-order valence-corrected chi connectivity index (χ2v) is 9.76. The molecule has 0 aromatic rings. The topological polar surface area (TPSA) is 179 Å². The minimum absolute atomic E-state index is 0.00198. The van der Waals surface area contributed by atoms with E-state index in [0.29, 0.717) is 18.1 Å². The first kappa shape index (κ1) is 28.7. The number of nitrogens with zero attached hydrogens (tertiary/aromatic N) is 1. The van der Waals surface area contributed by atoms with Crippen molar-refractivity contribution in [2.75, 3.05) is 11.6 Å². The van der Waals surface area contributed by atoms with Crippen LogP contribution in [0.15, 0.2) is 0 Å². The number of nitrogens with two attached hydrogens (primary N) is 1. The van der Waals surface area contributed by atoms with Gasteiger partial charge in [0, 0.05) is 12.2 Å². The van der Waals surface area contributed by atoms with Gasteiger partial charge in [0.1, 0.15) is 18.1 Å². The molecule has 3 amide bonds. The summed E-state index contributed by atoms with van der Waals surface area (Å²) in [5, 5.41) is 23.1. The first-order valence-corrected chi connectivity index (χ1v) is 12.2. The van der Waals surface area contributed by atoms with Crippen LogP contribution >= 0.6 is 11.8 Å². The Kier molecular flexibility index (Phi) is 11.6. The minimum Gasteiger partial charge on any atom is -0.481 e. The third kappa shape index (κ3) is 8.84. The van der Waals surface area contributed by atoms with Crippen molar-refractivity contribution in [2.45, 2.75) is 77.5 Å². The number of aliphatic carboxylic acids is 2. The van der Waals surface area contributed by atoms with Crippen molar-refractivity contribution in [1.29, 1.82) is 0 Å². The highest BCUT2D eigenvalue weighted by atomic mass is 32.2. The van der Waals surface area contributed by atoms with Gasteiger partial charge in [-0.05, 0) is 24.7 Å². The van der Waals surface area contributed by atoms with Crippen LogP contribution in [0, 0.1) is 11.8 Å². The summed E-state index contributed by atoms with van der Waals surface area (Å²) in [4.78, 5) is 62.3. The first-order valence-electron chi connectivity index (χ1n) is 11.1. The van der Waals surface area contributed by atoms with Gasteiger partial charge in [0.15, 0.2) is 0 Å². The zero-order valence-corrected chi connectivity index (χ0v) is 20.4. The molecule has 1 rings (SSSR count). The van der Waals surface area contributed by atoms with Crippen molar-refractivity contribution >= 4 is 41.4 Å². The lowest BCUT2D eigenvalue weighted by atomic mass is 9.98. The number of thioether (sulfide) groups is 1. The normalized spacial score (nSPS) is 19.5. The van der Waals surface area contributed by atoms with Crippen molar-refractivity contribution in [1.82, 2.24) is 15.5 Å². The van der Waals surface area contributed by atoms with Crippen LogP contribution in [0.1, 0.15) is 53.4 Å². The van der Waals surface area contributed by atoms with E-state index in [1.807, 2.05) is 27.7 Å². The van der Waals surface area contributed by atoms with Crippen molar-refractivity contribution < 1.29 is 34.2 Å². The van der Waals surface area contributed by atoms with E-state index in [-0.39, 0.29) is 30.6 Å². The zero-order valence-electron chi connectivity index (χ0n) is 19.6. The maximum atomic E-state index is 13.0. The van der Waals surface area contributed by atoms with E-state index in [9.17, 15) is 29.1 Å². The van der Waals surface area contributed by atoms with Gasteiger partial charge in [-0.3, -0.25) is 19.2 Å². The van der Waals surface area contributed by atoms with E-state index in [1.54, 1.807) is 0 Å². The van der Waals surface area contributed by atoms with Gasteiger partial charge in [-0.25, -0.2) is 4.79 Å². The van der Waals surface area contributed by atoms with Crippen LogP contribution < -0.4 is 16.4 Å². The average Bonchev–Trinajstić information content (AvgIpc) is 3.23. The molecule has 1 fully saturated rings. The third-order valence-electron chi connectivity index (χ3n) is 5.61. The van der Waals surface area contributed by atoms with Gasteiger partial charge < -0.3 is 31.5 Å². The molecule has 0 radical (unpaired) electrons. The van der Waals surface area contributed by atoms with E-state index in [4.69, 9.17) is 10.8 Å². The molecule has 0 aromatic heterocycles. The fourth-order valence-electron chi connectivity index (χ4n) is 3.33. The largest absolute Gasteiger partial charge is 0.481 e. The van der Waals surface area contributed by atoms with Crippen molar-refractivity contribution in [2.24, 2.45) is 17.6 Å². The molecule has 5 atom stereocenters. The average molecular weight is 489 g/mol. The second kappa shape index (κ2) is 13.4.